The van der Waals surface area contributed by atoms with Crippen LogP contribution in [0.25, 0.3) is 0 Å². The number of aryl methyl sites for hydroxylation is 1. The van der Waals surface area contributed by atoms with E-state index in [4.69, 9.17) is 32.7 Å². The number of benzene rings is 2. The van der Waals surface area contributed by atoms with Crippen molar-refractivity contribution in [1.82, 2.24) is 4.90 Å². The van der Waals surface area contributed by atoms with Crippen molar-refractivity contribution in [2.45, 2.75) is 13.0 Å². The second-order valence-electron chi connectivity index (χ2n) is 5.94. The van der Waals surface area contributed by atoms with Crippen LogP contribution in [0, 0.1) is 6.92 Å². The van der Waals surface area contributed by atoms with E-state index in [9.17, 15) is 4.79 Å². The van der Waals surface area contributed by atoms with E-state index >= 15 is 0 Å². The van der Waals surface area contributed by atoms with E-state index in [1.807, 2.05) is 25.1 Å². The smallest absolute Gasteiger partial charge is 0.258 e. The zero-order valence-corrected chi connectivity index (χ0v) is 15.6. The molecule has 1 aliphatic heterocycles. The Hall–Kier alpha value is -1.75. The number of halogens is 2. The summed E-state index contributed by atoms with van der Waals surface area (Å²) in [7, 11) is 1.57. The summed E-state index contributed by atoms with van der Waals surface area (Å²) in [6.07, 6.45) is -0.234. The van der Waals surface area contributed by atoms with Crippen molar-refractivity contribution in [3.63, 3.8) is 0 Å². The topological polar surface area (TPSA) is 38.8 Å². The van der Waals surface area contributed by atoms with Crippen molar-refractivity contribution < 1.29 is 14.3 Å². The third-order valence-electron chi connectivity index (χ3n) is 4.34. The van der Waals surface area contributed by atoms with Crippen molar-refractivity contribution >= 4 is 29.1 Å². The van der Waals surface area contributed by atoms with Gasteiger partial charge in [0.05, 0.1) is 35.9 Å². The Morgan fingerprint density at radius 1 is 1.24 bits per heavy atom. The van der Waals surface area contributed by atoms with Gasteiger partial charge >= 0.3 is 0 Å². The minimum absolute atomic E-state index is 0.0525. The number of morpholine rings is 1. The maximum atomic E-state index is 13.0. The molecule has 6 heteroatoms. The van der Waals surface area contributed by atoms with Crippen molar-refractivity contribution in [1.29, 1.82) is 0 Å². The van der Waals surface area contributed by atoms with E-state index in [0.717, 1.165) is 11.1 Å². The van der Waals surface area contributed by atoms with Gasteiger partial charge in [0.2, 0.25) is 0 Å². The molecule has 0 aliphatic carbocycles. The summed E-state index contributed by atoms with van der Waals surface area (Å²) in [5, 5.41) is 0.977. The number of methoxy groups -OCH3 is 1. The van der Waals surface area contributed by atoms with E-state index in [2.05, 4.69) is 0 Å². The molecule has 1 amide bonds. The SMILES string of the molecule is COc1cccc(C)c1C(=O)N1CCO[C@@H](c2ccc(Cl)c(Cl)c2)C1. The van der Waals surface area contributed by atoms with Gasteiger partial charge < -0.3 is 14.4 Å². The Morgan fingerprint density at radius 2 is 2.04 bits per heavy atom. The molecular formula is C19H19Cl2NO3. The van der Waals surface area contributed by atoms with Crippen LogP contribution in [0.4, 0.5) is 0 Å². The number of hydrogen-bond acceptors (Lipinski definition) is 3. The second-order valence-corrected chi connectivity index (χ2v) is 6.75. The maximum Gasteiger partial charge on any atom is 0.258 e. The molecule has 2 aromatic carbocycles. The minimum atomic E-state index is -0.234. The summed E-state index contributed by atoms with van der Waals surface area (Å²) in [5.74, 6) is 0.533. The van der Waals surface area contributed by atoms with Gasteiger partial charge in [0.1, 0.15) is 11.9 Å². The molecule has 132 valence electrons. The van der Waals surface area contributed by atoms with Crippen LogP contribution >= 0.6 is 23.2 Å². The predicted octanol–water partition coefficient (Wildman–Crippen LogP) is 4.52. The minimum Gasteiger partial charge on any atom is -0.496 e. The summed E-state index contributed by atoms with van der Waals surface area (Å²) in [5.41, 5.74) is 2.39. The van der Waals surface area contributed by atoms with E-state index in [0.29, 0.717) is 41.1 Å². The highest BCUT2D eigenvalue weighted by Crippen LogP contribution is 2.30. The molecule has 0 aromatic heterocycles. The molecule has 0 radical (unpaired) electrons. The van der Waals surface area contributed by atoms with E-state index in [1.165, 1.54) is 0 Å². The average Bonchev–Trinajstić information content (AvgIpc) is 2.63. The number of ether oxygens (including phenoxy) is 2. The van der Waals surface area contributed by atoms with Crippen LogP contribution in [0.5, 0.6) is 5.75 Å². The molecule has 2 aromatic rings. The van der Waals surface area contributed by atoms with Gasteiger partial charge in [-0.25, -0.2) is 0 Å². The first-order valence-corrected chi connectivity index (χ1v) is 8.76. The summed E-state index contributed by atoms with van der Waals surface area (Å²) in [6.45, 7) is 3.36. The van der Waals surface area contributed by atoms with Gasteiger partial charge in [-0.15, -0.1) is 0 Å². The largest absolute Gasteiger partial charge is 0.496 e. The summed E-state index contributed by atoms with van der Waals surface area (Å²) in [4.78, 5) is 14.8. The van der Waals surface area contributed by atoms with Gasteiger partial charge in [0, 0.05) is 6.54 Å². The Labute approximate surface area is 157 Å². The molecule has 1 aliphatic rings. The van der Waals surface area contributed by atoms with Crippen LogP contribution in [-0.4, -0.2) is 37.6 Å². The number of hydrogen-bond donors (Lipinski definition) is 0. The van der Waals surface area contributed by atoms with Gasteiger partial charge in [-0.2, -0.15) is 0 Å². The molecule has 1 saturated heterocycles. The fourth-order valence-electron chi connectivity index (χ4n) is 2.99. The van der Waals surface area contributed by atoms with Crippen LogP contribution in [0.15, 0.2) is 36.4 Å². The number of carbonyl (C=O) groups excluding carboxylic acids is 1. The Balaban J connectivity index is 1.84. The molecule has 0 saturated carbocycles. The van der Waals surface area contributed by atoms with Crippen LogP contribution in [0.1, 0.15) is 27.6 Å². The molecule has 4 nitrogen and oxygen atoms in total. The lowest BCUT2D eigenvalue weighted by Gasteiger charge is -2.34. The fourth-order valence-corrected chi connectivity index (χ4v) is 3.30. The van der Waals surface area contributed by atoms with Gasteiger partial charge in [-0.3, -0.25) is 4.79 Å². The Morgan fingerprint density at radius 3 is 2.76 bits per heavy atom. The number of amides is 1. The van der Waals surface area contributed by atoms with Crippen LogP contribution in [0.3, 0.4) is 0 Å². The zero-order chi connectivity index (χ0) is 18.0. The van der Waals surface area contributed by atoms with Crippen molar-refractivity contribution in [2.75, 3.05) is 26.8 Å². The first-order valence-electron chi connectivity index (χ1n) is 8.00. The van der Waals surface area contributed by atoms with Gasteiger partial charge in [-0.05, 0) is 36.2 Å². The third kappa shape index (κ3) is 3.76. The molecule has 0 spiro atoms. The molecule has 1 fully saturated rings. The molecule has 1 atom stereocenters. The summed E-state index contributed by atoms with van der Waals surface area (Å²) >= 11 is 12.1. The first kappa shape index (κ1) is 18.1. The molecule has 25 heavy (non-hydrogen) atoms. The van der Waals surface area contributed by atoms with E-state index < -0.39 is 0 Å². The predicted molar refractivity (Wildman–Crippen MR) is 98.8 cm³/mol. The Bertz CT molecular complexity index is 794. The van der Waals surface area contributed by atoms with Gasteiger partial charge in [0.25, 0.3) is 5.91 Å². The highest BCUT2D eigenvalue weighted by molar-refractivity contribution is 6.42. The standard InChI is InChI=1S/C19H19Cl2NO3/c1-12-4-3-5-16(24-2)18(12)19(23)22-8-9-25-17(11-22)13-6-7-14(20)15(21)10-13/h3-7,10,17H,8-9,11H2,1-2H3/t17-/m1/s1. The van der Waals surface area contributed by atoms with Crippen LogP contribution in [-0.2, 0) is 4.74 Å². The lowest BCUT2D eigenvalue weighted by molar-refractivity contribution is -0.0229. The molecular weight excluding hydrogens is 361 g/mol. The fraction of sp³-hybridized carbons (Fsp3) is 0.316. The highest BCUT2D eigenvalue weighted by atomic mass is 35.5. The van der Waals surface area contributed by atoms with Crippen molar-refractivity contribution in [3.8, 4) is 5.75 Å². The van der Waals surface area contributed by atoms with E-state index in [-0.39, 0.29) is 12.0 Å². The summed E-state index contributed by atoms with van der Waals surface area (Å²) < 4.78 is 11.2. The molecule has 0 bridgehead atoms. The lowest BCUT2D eigenvalue weighted by atomic mass is 10.0. The highest BCUT2D eigenvalue weighted by Gasteiger charge is 2.28. The lowest BCUT2D eigenvalue weighted by Crippen LogP contribution is -2.42. The Kier molecular flexibility index (Phi) is 5.52. The molecule has 0 N–H and O–H groups in total. The second kappa shape index (κ2) is 7.65. The van der Waals surface area contributed by atoms with Crippen LogP contribution in [0.2, 0.25) is 10.0 Å². The quantitative estimate of drug-likeness (QED) is 0.786. The van der Waals surface area contributed by atoms with E-state index in [1.54, 1.807) is 30.2 Å². The zero-order valence-electron chi connectivity index (χ0n) is 14.1. The maximum absolute atomic E-state index is 13.0. The first-order chi connectivity index (χ1) is 12.0. The normalized spacial score (nSPS) is 17.4. The monoisotopic (exact) mass is 379 g/mol. The number of rotatable bonds is 3. The molecule has 0 unspecified atom stereocenters. The third-order valence-corrected chi connectivity index (χ3v) is 5.08. The summed E-state index contributed by atoms with van der Waals surface area (Å²) in [6, 6.07) is 11.0. The van der Waals surface area contributed by atoms with Crippen molar-refractivity contribution in [2.24, 2.45) is 0 Å². The molecule has 3 rings (SSSR count). The average molecular weight is 380 g/mol. The van der Waals surface area contributed by atoms with Crippen LogP contribution < -0.4 is 4.74 Å². The number of nitrogens with zero attached hydrogens (tertiary/aromatic N) is 1. The van der Waals surface area contributed by atoms with Crippen molar-refractivity contribution in [3.05, 3.63) is 63.1 Å². The van der Waals surface area contributed by atoms with Gasteiger partial charge in [-0.1, -0.05) is 41.4 Å². The number of carbonyl (C=O) groups is 1. The molecule has 1 heterocycles. The van der Waals surface area contributed by atoms with Gasteiger partial charge in [0.15, 0.2) is 0 Å².